The van der Waals surface area contributed by atoms with Gasteiger partial charge in [-0.1, -0.05) is 17.7 Å². The number of halogens is 1. The van der Waals surface area contributed by atoms with Gasteiger partial charge in [-0.2, -0.15) is 0 Å². The molecule has 0 aromatic heterocycles. The minimum absolute atomic E-state index is 0.107. The number of amides is 1. The first kappa shape index (κ1) is 26.7. The van der Waals surface area contributed by atoms with Gasteiger partial charge in [0, 0.05) is 29.5 Å². The summed E-state index contributed by atoms with van der Waals surface area (Å²) in [7, 11) is 1.53. The molecule has 9 heteroatoms. The molecule has 1 aliphatic rings. The third-order valence-electron chi connectivity index (χ3n) is 6.65. The number of Topliss-reactive ketones (excluding diaryl/α,β-unsaturated/α-hetero) is 2. The van der Waals surface area contributed by atoms with Gasteiger partial charge in [0.2, 0.25) is 5.91 Å². The lowest BCUT2D eigenvalue weighted by Crippen LogP contribution is -2.33. The van der Waals surface area contributed by atoms with E-state index in [1.807, 2.05) is 0 Å². The molecular formula is C26H30ClNO7. The Labute approximate surface area is 208 Å². The number of aliphatic hydroxyl groups is 2. The average Bonchev–Trinajstić information content (AvgIpc) is 2.79. The number of hydrogen-bond acceptors (Lipinski definition) is 7. The first-order valence-electron chi connectivity index (χ1n) is 11.4. The van der Waals surface area contributed by atoms with Crippen molar-refractivity contribution in [2.75, 3.05) is 20.3 Å². The number of aliphatic hydroxyl groups excluding tert-OH is 2. The van der Waals surface area contributed by atoms with Crippen molar-refractivity contribution in [1.29, 1.82) is 0 Å². The van der Waals surface area contributed by atoms with Crippen LogP contribution in [0, 0.1) is 17.8 Å². The van der Waals surface area contributed by atoms with Crippen LogP contribution in [-0.4, -0.2) is 53.1 Å². The van der Waals surface area contributed by atoms with Gasteiger partial charge in [-0.25, -0.2) is 0 Å². The van der Waals surface area contributed by atoms with E-state index in [2.05, 4.69) is 0 Å². The summed E-state index contributed by atoms with van der Waals surface area (Å²) in [5.74, 6) is -2.58. The molecule has 0 saturated heterocycles. The summed E-state index contributed by atoms with van der Waals surface area (Å²) in [6.45, 7) is -0.701. The standard InChI is InChI=1S/C26H30ClNO7/c1-35-24-5-2-16(27)11-18(24)17-3-4-21(31)26-19(17)9-14(10-23(26)33)8-15(6-7-29)20(13-30)22(32)12-25(28)34/h2-5,11,14-15,20,29-31H,6-10,12-13H2,1H3,(H2,28,34). The lowest BCUT2D eigenvalue weighted by molar-refractivity contribution is -0.131. The molecule has 0 fully saturated rings. The number of methoxy groups -OCH3 is 1. The highest BCUT2D eigenvalue weighted by molar-refractivity contribution is 6.31. The van der Waals surface area contributed by atoms with Gasteiger partial charge < -0.3 is 25.8 Å². The van der Waals surface area contributed by atoms with Crippen LogP contribution in [0.2, 0.25) is 5.02 Å². The summed E-state index contributed by atoms with van der Waals surface area (Å²) in [5.41, 5.74) is 7.45. The Hall–Kier alpha value is -2.94. The number of carbonyl (C=O) groups excluding carboxylic acids is 3. The maximum absolute atomic E-state index is 13.1. The Kier molecular flexibility index (Phi) is 8.88. The zero-order valence-electron chi connectivity index (χ0n) is 19.5. The largest absolute Gasteiger partial charge is 0.507 e. The van der Waals surface area contributed by atoms with Crippen LogP contribution in [0.4, 0.5) is 0 Å². The normalized spacial score (nSPS) is 16.9. The Morgan fingerprint density at radius 3 is 2.54 bits per heavy atom. The summed E-state index contributed by atoms with van der Waals surface area (Å²) < 4.78 is 5.49. The summed E-state index contributed by atoms with van der Waals surface area (Å²) in [6.07, 6.45) is 0.656. The van der Waals surface area contributed by atoms with Crippen LogP contribution in [-0.2, 0) is 16.0 Å². The second-order valence-corrected chi connectivity index (χ2v) is 9.37. The molecule has 2 aromatic carbocycles. The fraction of sp³-hybridized carbons (Fsp3) is 0.423. The van der Waals surface area contributed by atoms with Crippen LogP contribution < -0.4 is 10.5 Å². The van der Waals surface area contributed by atoms with Crippen LogP contribution in [0.3, 0.4) is 0 Å². The summed E-state index contributed by atoms with van der Waals surface area (Å²) >= 11 is 6.23. The number of rotatable bonds is 11. The topological polar surface area (TPSA) is 147 Å². The first-order chi connectivity index (χ1) is 16.7. The van der Waals surface area contributed by atoms with Crippen LogP contribution in [0.15, 0.2) is 30.3 Å². The van der Waals surface area contributed by atoms with E-state index in [1.54, 1.807) is 24.3 Å². The molecule has 0 spiro atoms. The van der Waals surface area contributed by atoms with Gasteiger partial charge in [-0.15, -0.1) is 0 Å². The van der Waals surface area contributed by atoms with Crippen LogP contribution in [0.5, 0.6) is 11.5 Å². The first-order valence-corrected chi connectivity index (χ1v) is 11.8. The number of ether oxygens (including phenoxy) is 1. The van der Waals surface area contributed by atoms with E-state index in [0.717, 1.165) is 0 Å². The number of primary amides is 1. The monoisotopic (exact) mass is 503 g/mol. The molecule has 3 unspecified atom stereocenters. The smallest absolute Gasteiger partial charge is 0.224 e. The van der Waals surface area contributed by atoms with Crippen molar-refractivity contribution in [2.24, 2.45) is 23.5 Å². The molecule has 5 N–H and O–H groups in total. The molecule has 0 bridgehead atoms. The zero-order chi connectivity index (χ0) is 25.7. The molecule has 188 valence electrons. The predicted octanol–water partition coefficient (Wildman–Crippen LogP) is 2.91. The van der Waals surface area contributed by atoms with Crippen molar-refractivity contribution in [3.05, 3.63) is 46.5 Å². The van der Waals surface area contributed by atoms with Crippen LogP contribution >= 0.6 is 11.6 Å². The molecule has 2 aromatic rings. The minimum atomic E-state index is -0.872. The average molecular weight is 504 g/mol. The van der Waals surface area contributed by atoms with Gasteiger partial charge in [0.15, 0.2) is 5.78 Å². The van der Waals surface area contributed by atoms with Crippen LogP contribution in [0.1, 0.15) is 41.6 Å². The molecule has 1 amide bonds. The van der Waals surface area contributed by atoms with Gasteiger partial charge in [0.1, 0.15) is 17.3 Å². The molecule has 3 atom stereocenters. The molecule has 0 heterocycles. The predicted molar refractivity (Wildman–Crippen MR) is 130 cm³/mol. The number of fused-ring (bicyclic) bond motifs is 1. The van der Waals surface area contributed by atoms with Crippen molar-refractivity contribution in [2.45, 2.75) is 32.1 Å². The highest BCUT2D eigenvalue weighted by Gasteiger charge is 2.35. The van der Waals surface area contributed by atoms with Crippen molar-refractivity contribution in [3.8, 4) is 22.6 Å². The van der Waals surface area contributed by atoms with Crippen molar-refractivity contribution < 1.29 is 34.4 Å². The summed E-state index contributed by atoms with van der Waals surface area (Å²) in [5, 5.41) is 30.4. The molecule has 35 heavy (non-hydrogen) atoms. The number of aromatic hydroxyl groups is 1. The lowest BCUT2D eigenvalue weighted by Gasteiger charge is -2.32. The number of hydrogen-bond donors (Lipinski definition) is 4. The molecular weight excluding hydrogens is 474 g/mol. The Morgan fingerprint density at radius 1 is 1.17 bits per heavy atom. The fourth-order valence-corrected chi connectivity index (χ4v) is 5.26. The summed E-state index contributed by atoms with van der Waals surface area (Å²) in [6, 6.07) is 8.36. The van der Waals surface area contributed by atoms with E-state index in [9.17, 15) is 29.7 Å². The van der Waals surface area contributed by atoms with Gasteiger partial charge in [-0.05, 0) is 66.5 Å². The fourth-order valence-electron chi connectivity index (χ4n) is 5.09. The second-order valence-electron chi connectivity index (χ2n) is 8.93. The minimum Gasteiger partial charge on any atom is -0.507 e. The van der Waals surface area contributed by atoms with E-state index in [1.165, 1.54) is 13.2 Å². The number of benzene rings is 2. The van der Waals surface area contributed by atoms with E-state index in [0.29, 0.717) is 40.3 Å². The van der Waals surface area contributed by atoms with Gasteiger partial charge >= 0.3 is 0 Å². The Balaban J connectivity index is 1.98. The molecule has 0 aliphatic heterocycles. The quantitative estimate of drug-likeness (QED) is 0.344. The van der Waals surface area contributed by atoms with Crippen molar-refractivity contribution >= 4 is 29.1 Å². The van der Waals surface area contributed by atoms with E-state index >= 15 is 0 Å². The number of ketones is 2. The number of nitrogens with two attached hydrogens (primary N) is 1. The van der Waals surface area contributed by atoms with Crippen LogP contribution in [0.25, 0.3) is 11.1 Å². The zero-order valence-corrected chi connectivity index (χ0v) is 20.3. The van der Waals surface area contributed by atoms with Gasteiger partial charge in [-0.3, -0.25) is 14.4 Å². The highest BCUT2D eigenvalue weighted by atomic mass is 35.5. The van der Waals surface area contributed by atoms with E-state index in [-0.39, 0.29) is 42.5 Å². The third kappa shape index (κ3) is 6.01. The van der Waals surface area contributed by atoms with E-state index < -0.39 is 36.6 Å². The maximum Gasteiger partial charge on any atom is 0.224 e. The SMILES string of the molecule is COc1ccc(Cl)cc1-c1ccc(O)c2c1CC(CC(CCO)C(CO)C(=O)CC(N)=O)CC2=O. The molecule has 3 rings (SSSR count). The van der Waals surface area contributed by atoms with Gasteiger partial charge in [0.25, 0.3) is 0 Å². The maximum atomic E-state index is 13.1. The Morgan fingerprint density at radius 2 is 1.91 bits per heavy atom. The van der Waals surface area contributed by atoms with Crippen molar-refractivity contribution in [1.82, 2.24) is 0 Å². The second kappa shape index (κ2) is 11.7. The number of carbonyl (C=O) groups is 3. The Bertz CT molecular complexity index is 1120. The molecule has 8 nitrogen and oxygen atoms in total. The highest BCUT2D eigenvalue weighted by Crippen LogP contribution is 2.43. The number of phenolic OH excluding ortho intramolecular Hbond substituents is 1. The van der Waals surface area contributed by atoms with Crippen molar-refractivity contribution in [3.63, 3.8) is 0 Å². The van der Waals surface area contributed by atoms with Gasteiger partial charge in [0.05, 0.1) is 25.7 Å². The number of phenols is 1. The lowest BCUT2D eigenvalue weighted by atomic mass is 9.72. The molecule has 0 radical (unpaired) electrons. The van der Waals surface area contributed by atoms with E-state index in [4.69, 9.17) is 22.1 Å². The third-order valence-corrected chi connectivity index (χ3v) is 6.89. The molecule has 0 saturated carbocycles. The molecule has 1 aliphatic carbocycles. The summed E-state index contributed by atoms with van der Waals surface area (Å²) in [4.78, 5) is 36.9.